The summed E-state index contributed by atoms with van der Waals surface area (Å²) >= 11 is 0. The molecule has 0 saturated carbocycles. The molecule has 1 heterocycles. The molecule has 2 rings (SSSR count). The van der Waals surface area contributed by atoms with Gasteiger partial charge >= 0.3 is 17.8 Å². The second-order valence-corrected chi connectivity index (χ2v) is 5.70. The molecule has 1 atom stereocenters. The van der Waals surface area contributed by atoms with Gasteiger partial charge < -0.3 is 24.3 Å². The number of rotatable bonds is 7. The highest BCUT2D eigenvalue weighted by atomic mass is 16.6. The normalized spacial score (nSPS) is 10.5. The Labute approximate surface area is 173 Å². The maximum Gasteiger partial charge on any atom is 0.503 e. The number of carbonyl (C=O) groups excluding carboxylic acids is 1. The average molecular weight is 424 g/mol. The molecular weight excluding hydrogens is 396 g/mol. The van der Waals surface area contributed by atoms with Gasteiger partial charge in [0.15, 0.2) is 0 Å². The summed E-state index contributed by atoms with van der Waals surface area (Å²) in [6.07, 6.45) is -0.297. The van der Waals surface area contributed by atoms with E-state index in [0.29, 0.717) is 18.5 Å². The van der Waals surface area contributed by atoms with E-state index in [1.54, 1.807) is 12.1 Å². The third-order valence-corrected chi connectivity index (χ3v) is 3.61. The fourth-order valence-corrected chi connectivity index (χ4v) is 2.11. The van der Waals surface area contributed by atoms with E-state index >= 15 is 0 Å². The van der Waals surface area contributed by atoms with Gasteiger partial charge in [0, 0.05) is 25.9 Å². The SMILES string of the molecule is CC.COC(CCn1ccc(=O)[nH]c1=O)COC(=O)c1ccc(C)cc1.O=C(O)O. The molecule has 0 radical (unpaired) electrons. The number of aryl methyl sites for hydroxylation is 2. The zero-order chi connectivity index (χ0) is 23.1. The van der Waals surface area contributed by atoms with Crippen molar-refractivity contribution in [2.75, 3.05) is 13.7 Å². The minimum absolute atomic E-state index is 0.0846. The van der Waals surface area contributed by atoms with E-state index in [2.05, 4.69) is 4.98 Å². The first-order chi connectivity index (χ1) is 14.2. The van der Waals surface area contributed by atoms with Crippen LogP contribution in [-0.4, -0.2) is 51.7 Å². The summed E-state index contributed by atoms with van der Waals surface area (Å²) in [4.78, 5) is 45.3. The molecule has 0 amide bonds. The first kappa shape index (κ1) is 26.6. The molecule has 10 heteroatoms. The Kier molecular flexibility index (Phi) is 12.9. The minimum Gasteiger partial charge on any atom is -0.459 e. The van der Waals surface area contributed by atoms with Crippen molar-refractivity contribution in [3.63, 3.8) is 0 Å². The minimum atomic E-state index is -1.83. The van der Waals surface area contributed by atoms with Crippen molar-refractivity contribution in [1.29, 1.82) is 0 Å². The number of methoxy groups -OCH3 is 1. The second kappa shape index (κ2) is 14.6. The Morgan fingerprint density at radius 1 is 1.10 bits per heavy atom. The molecule has 10 nitrogen and oxygen atoms in total. The highest BCUT2D eigenvalue weighted by Gasteiger charge is 2.13. The van der Waals surface area contributed by atoms with Crippen molar-refractivity contribution < 1.29 is 29.3 Å². The third-order valence-electron chi connectivity index (χ3n) is 3.61. The smallest absolute Gasteiger partial charge is 0.459 e. The summed E-state index contributed by atoms with van der Waals surface area (Å²) in [5.74, 6) is -0.418. The van der Waals surface area contributed by atoms with Gasteiger partial charge in [0.25, 0.3) is 5.56 Å². The molecule has 0 saturated heterocycles. The number of benzene rings is 1. The first-order valence-corrected chi connectivity index (χ1v) is 9.21. The van der Waals surface area contributed by atoms with E-state index in [1.807, 2.05) is 32.9 Å². The van der Waals surface area contributed by atoms with Crippen LogP contribution in [0.2, 0.25) is 0 Å². The number of ether oxygens (including phenoxy) is 2. The fourth-order valence-electron chi connectivity index (χ4n) is 2.11. The summed E-state index contributed by atoms with van der Waals surface area (Å²) < 4.78 is 11.9. The zero-order valence-corrected chi connectivity index (χ0v) is 17.5. The van der Waals surface area contributed by atoms with E-state index in [1.165, 1.54) is 23.9 Å². The molecule has 166 valence electrons. The summed E-state index contributed by atoms with van der Waals surface area (Å²) in [6, 6.07) is 8.37. The highest BCUT2D eigenvalue weighted by Crippen LogP contribution is 2.07. The van der Waals surface area contributed by atoms with Crippen molar-refractivity contribution in [2.45, 2.75) is 39.8 Å². The molecule has 0 aliphatic rings. The van der Waals surface area contributed by atoms with Crippen molar-refractivity contribution in [1.82, 2.24) is 9.55 Å². The Balaban J connectivity index is 0.00000125. The zero-order valence-electron chi connectivity index (χ0n) is 17.5. The lowest BCUT2D eigenvalue weighted by atomic mass is 10.1. The Hall–Kier alpha value is -3.40. The predicted molar refractivity (Wildman–Crippen MR) is 110 cm³/mol. The van der Waals surface area contributed by atoms with Crippen LogP contribution in [0, 0.1) is 6.92 Å². The van der Waals surface area contributed by atoms with Crippen LogP contribution < -0.4 is 11.2 Å². The van der Waals surface area contributed by atoms with Crippen LogP contribution in [0.3, 0.4) is 0 Å². The van der Waals surface area contributed by atoms with Crippen molar-refractivity contribution in [3.05, 3.63) is 68.5 Å². The maximum atomic E-state index is 12.0. The molecule has 0 aliphatic heterocycles. The van der Waals surface area contributed by atoms with Gasteiger partial charge in [-0.25, -0.2) is 14.4 Å². The second-order valence-electron chi connectivity index (χ2n) is 5.70. The van der Waals surface area contributed by atoms with Crippen LogP contribution >= 0.6 is 0 Å². The monoisotopic (exact) mass is 424 g/mol. The fraction of sp³-hybridized carbons (Fsp3) is 0.400. The van der Waals surface area contributed by atoms with Gasteiger partial charge in [-0.2, -0.15) is 0 Å². The van der Waals surface area contributed by atoms with Gasteiger partial charge in [-0.3, -0.25) is 9.78 Å². The lowest BCUT2D eigenvalue weighted by Gasteiger charge is -2.16. The molecule has 30 heavy (non-hydrogen) atoms. The van der Waals surface area contributed by atoms with Gasteiger partial charge in [-0.1, -0.05) is 31.5 Å². The number of aromatic amines is 1. The Morgan fingerprint density at radius 3 is 2.17 bits per heavy atom. The van der Waals surface area contributed by atoms with Gasteiger partial charge in [-0.15, -0.1) is 0 Å². The van der Waals surface area contributed by atoms with Crippen LogP contribution in [0.25, 0.3) is 0 Å². The predicted octanol–water partition coefficient (Wildman–Crippen LogP) is 2.36. The van der Waals surface area contributed by atoms with Crippen molar-refractivity contribution in [2.24, 2.45) is 0 Å². The largest absolute Gasteiger partial charge is 0.503 e. The number of H-pyrrole nitrogens is 1. The molecule has 0 aliphatic carbocycles. The summed E-state index contributed by atoms with van der Waals surface area (Å²) in [5.41, 5.74) is 0.626. The molecule has 2 aromatic rings. The number of esters is 1. The quantitative estimate of drug-likeness (QED) is 0.574. The first-order valence-electron chi connectivity index (χ1n) is 9.21. The summed E-state index contributed by atoms with van der Waals surface area (Å²) in [7, 11) is 1.51. The number of carboxylic acid groups (broad SMARTS) is 2. The van der Waals surface area contributed by atoms with Crippen LogP contribution in [0.5, 0.6) is 0 Å². The van der Waals surface area contributed by atoms with Crippen molar-refractivity contribution >= 4 is 12.1 Å². The molecular formula is C20H28N2O8. The van der Waals surface area contributed by atoms with Gasteiger partial charge in [0.1, 0.15) is 6.61 Å². The van der Waals surface area contributed by atoms with Crippen LogP contribution in [-0.2, 0) is 16.0 Å². The maximum absolute atomic E-state index is 12.0. The van der Waals surface area contributed by atoms with E-state index in [0.717, 1.165) is 5.56 Å². The standard InChI is InChI=1S/C17H20N2O5.C2H6.CH2O3/c1-12-3-5-13(6-4-12)16(21)24-11-14(23-2)7-9-19-10-8-15(20)18-17(19)22;1-2;2-1(3)4/h3-6,8,10,14H,7,9,11H2,1-2H3,(H,18,20,22);1-2H3;(H2,2,3,4). The molecule has 0 bridgehead atoms. The van der Waals surface area contributed by atoms with Gasteiger partial charge in [-0.05, 0) is 25.5 Å². The molecule has 3 N–H and O–H groups in total. The lowest BCUT2D eigenvalue weighted by molar-refractivity contribution is 0.00650. The van der Waals surface area contributed by atoms with Gasteiger partial charge in [0.05, 0.1) is 11.7 Å². The number of hydrogen-bond acceptors (Lipinski definition) is 6. The summed E-state index contributed by atoms with van der Waals surface area (Å²) in [6.45, 7) is 6.37. The number of hydrogen-bond donors (Lipinski definition) is 3. The molecule has 1 aromatic carbocycles. The van der Waals surface area contributed by atoms with E-state index < -0.39 is 23.4 Å². The number of aromatic nitrogens is 2. The molecule has 0 spiro atoms. The average Bonchev–Trinajstić information content (AvgIpc) is 2.71. The topological polar surface area (TPSA) is 148 Å². The number of nitrogens with zero attached hydrogens (tertiary/aromatic N) is 1. The molecule has 1 unspecified atom stereocenters. The van der Waals surface area contributed by atoms with Crippen LogP contribution in [0.4, 0.5) is 4.79 Å². The van der Waals surface area contributed by atoms with Gasteiger partial charge in [0.2, 0.25) is 0 Å². The number of carbonyl (C=O) groups is 2. The Morgan fingerprint density at radius 2 is 1.67 bits per heavy atom. The number of nitrogens with one attached hydrogen (secondary N) is 1. The van der Waals surface area contributed by atoms with Crippen LogP contribution in [0.15, 0.2) is 46.1 Å². The highest BCUT2D eigenvalue weighted by molar-refractivity contribution is 5.89. The summed E-state index contributed by atoms with van der Waals surface area (Å²) in [5, 5.41) is 13.9. The molecule has 1 aromatic heterocycles. The van der Waals surface area contributed by atoms with Crippen molar-refractivity contribution in [3.8, 4) is 0 Å². The van der Waals surface area contributed by atoms with E-state index in [9.17, 15) is 14.4 Å². The van der Waals surface area contributed by atoms with E-state index in [4.69, 9.17) is 24.5 Å². The molecule has 0 fully saturated rings. The van der Waals surface area contributed by atoms with Crippen LogP contribution in [0.1, 0.15) is 36.2 Å². The Bertz CT molecular complexity index is 883. The lowest BCUT2D eigenvalue weighted by Crippen LogP contribution is -2.31. The van der Waals surface area contributed by atoms with E-state index in [-0.39, 0.29) is 12.7 Å². The third kappa shape index (κ3) is 10.8.